The molecule has 0 fully saturated rings. The molecule has 1 unspecified atom stereocenters. The molecule has 1 atom stereocenters. The van der Waals surface area contributed by atoms with Crippen molar-refractivity contribution in [2.75, 3.05) is 33.9 Å². The molecule has 4 heterocycles. The predicted molar refractivity (Wildman–Crippen MR) is 125 cm³/mol. The van der Waals surface area contributed by atoms with E-state index in [9.17, 15) is 4.79 Å². The van der Waals surface area contributed by atoms with Crippen LogP contribution in [0.25, 0.3) is 33.1 Å². The monoisotopic (exact) mass is 451 g/mol. The zero-order valence-corrected chi connectivity index (χ0v) is 19.1. The van der Waals surface area contributed by atoms with Gasteiger partial charge in [0.1, 0.15) is 18.2 Å². The van der Waals surface area contributed by atoms with Crippen LogP contribution in [0.4, 0.5) is 4.39 Å². The second-order valence-corrected chi connectivity index (χ2v) is 8.71. The number of aromatic nitrogens is 4. The van der Waals surface area contributed by atoms with Crippen LogP contribution in [0.15, 0.2) is 35.4 Å². The van der Waals surface area contributed by atoms with Gasteiger partial charge in [0, 0.05) is 37.5 Å². The van der Waals surface area contributed by atoms with Gasteiger partial charge in [0.2, 0.25) is 5.88 Å². The number of benzene rings is 1. The van der Waals surface area contributed by atoms with E-state index in [4.69, 9.17) is 9.47 Å². The molecule has 0 saturated heterocycles. The molecule has 33 heavy (non-hydrogen) atoms. The summed E-state index contributed by atoms with van der Waals surface area (Å²) in [6.45, 7) is 3.63. The molecule has 4 aromatic rings. The molecule has 1 aliphatic heterocycles. The third kappa shape index (κ3) is 3.52. The summed E-state index contributed by atoms with van der Waals surface area (Å²) in [5.74, 6) is 0.415. The summed E-state index contributed by atoms with van der Waals surface area (Å²) in [7, 11) is 5.75. The van der Waals surface area contributed by atoms with E-state index in [2.05, 4.69) is 14.9 Å². The first-order chi connectivity index (χ1) is 15.9. The molecular weight excluding hydrogens is 425 g/mol. The highest BCUT2D eigenvalue weighted by Gasteiger charge is 2.28. The van der Waals surface area contributed by atoms with Crippen molar-refractivity contribution in [1.29, 1.82) is 0 Å². The normalized spacial score (nSPS) is 15.4. The van der Waals surface area contributed by atoms with Gasteiger partial charge in [0.15, 0.2) is 0 Å². The molecule has 0 radical (unpaired) electrons. The first-order valence-electron chi connectivity index (χ1n) is 11.0. The number of pyridine rings is 2. The highest BCUT2D eigenvalue weighted by atomic mass is 19.1. The fourth-order valence-electron chi connectivity index (χ4n) is 4.39. The molecule has 0 spiro atoms. The quantitative estimate of drug-likeness (QED) is 0.419. The number of ether oxygens (including phenoxy) is 2. The minimum Gasteiger partial charge on any atom is -0.490 e. The minimum absolute atomic E-state index is 0.147. The Morgan fingerprint density at radius 1 is 1.27 bits per heavy atom. The summed E-state index contributed by atoms with van der Waals surface area (Å²) in [5, 5.41) is 0.634. The summed E-state index contributed by atoms with van der Waals surface area (Å²) >= 11 is 0. The van der Waals surface area contributed by atoms with Crippen molar-refractivity contribution < 1.29 is 13.9 Å². The Bertz CT molecular complexity index is 1410. The lowest BCUT2D eigenvalue weighted by Gasteiger charge is -2.15. The molecule has 0 N–H and O–H groups in total. The van der Waals surface area contributed by atoms with Crippen LogP contribution in [0.2, 0.25) is 0 Å². The maximum absolute atomic E-state index is 15.4. The Labute approximate surface area is 190 Å². The third-order valence-corrected chi connectivity index (χ3v) is 6.05. The number of hydrogen-bond acceptors (Lipinski definition) is 6. The van der Waals surface area contributed by atoms with Crippen molar-refractivity contribution in [2.45, 2.75) is 19.4 Å². The van der Waals surface area contributed by atoms with E-state index < -0.39 is 5.82 Å². The lowest BCUT2D eigenvalue weighted by atomic mass is 10.0. The van der Waals surface area contributed by atoms with Gasteiger partial charge in [0.25, 0.3) is 0 Å². The molecular formula is C24H26FN5O3. The summed E-state index contributed by atoms with van der Waals surface area (Å²) < 4.78 is 30.5. The highest BCUT2D eigenvalue weighted by Crippen LogP contribution is 2.43. The predicted octanol–water partition coefficient (Wildman–Crippen LogP) is 3.37. The van der Waals surface area contributed by atoms with Crippen LogP contribution >= 0.6 is 0 Å². The molecule has 5 rings (SSSR count). The summed E-state index contributed by atoms with van der Waals surface area (Å²) in [6.07, 6.45) is 4.08. The Morgan fingerprint density at radius 2 is 2.09 bits per heavy atom. The van der Waals surface area contributed by atoms with E-state index in [1.807, 2.05) is 21.0 Å². The van der Waals surface area contributed by atoms with Crippen LogP contribution in [-0.2, 0) is 7.05 Å². The largest absolute Gasteiger partial charge is 0.490 e. The molecule has 0 saturated carbocycles. The van der Waals surface area contributed by atoms with Gasteiger partial charge in [-0.15, -0.1) is 0 Å². The molecule has 0 aliphatic carbocycles. The zero-order valence-electron chi connectivity index (χ0n) is 19.1. The average Bonchev–Trinajstić information content (AvgIpc) is 2.94. The van der Waals surface area contributed by atoms with Crippen molar-refractivity contribution in [3.63, 3.8) is 0 Å². The lowest BCUT2D eigenvalue weighted by Crippen LogP contribution is -2.27. The van der Waals surface area contributed by atoms with E-state index in [1.54, 1.807) is 40.7 Å². The topological polar surface area (TPSA) is 74.4 Å². The van der Waals surface area contributed by atoms with Gasteiger partial charge in [-0.2, -0.15) is 0 Å². The molecule has 172 valence electrons. The highest BCUT2D eigenvalue weighted by molar-refractivity contribution is 6.09. The SMILES string of the molecule is CC1COc2c(-c3ccc(OCCCN(C)C)nc3)c(F)cc3ncc4c(c23)n1c(=O)n4C. The standard InChI is InChI=1S/C24H26FN5O3/c1-14-13-33-23-20(15-6-7-19(27-11-15)32-9-5-8-28(2)3)16(25)10-17-21(23)22-18(12-26-17)29(4)24(31)30(14)22/h6-7,10-12,14H,5,8-9,13H2,1-4H3. The number of nitrogens with zero attached hydrogens (tertiary/aromatic N) is 5. The average molecular weight is 452 g/mol. The number of halogens is 1. The van der Waals surface area contributed by atoms with Crippen LogP contribution in [0, 0.1) is 5.82 Å². The van der Waals surface area contributed by atoms with E-state index in [-0.39, 0.29) is 18.3 Å². The molecule has 1 aromatic carbocycles. The molecule has 3 aromatic heterocycles. The van der Waals surface area contributed by atoms with E-state index >= 15 is 4.39 Å². The number of rotatable bonds is 6. The van der Waals surface area contributed by atoms with Gasteiger partial charge in [-0.1, -0.05) is 0 Å². The van der Waals surface area contributed by atoms with Crippen LogP contribution in [0.3, 0.4) is 0 Å². The van der Waals surface area contributed by atoms with Crippen molar-refractivity contribution >= 4 is 21.9 Å². The van der Waals surface area contributed by atoms with Gasteiger partial charge in [-0.25, -0.2) is 14.2 Å². The smallest absolute Gasteiger partial charge is 0.329 e. The van der Waals surface area contributed by atoms with Crippen molar-refractivity contribution in [3.8, 4) is 22.8 Å². The zero-order chi connectivity index (χ0) is 23.3. The van der Waals surface area contributed by atoms with Crippen LogP contribution in [0.5, 0.6) is 11.6 Å². The van der Waals surface area contributed by atoms with Crippen LogP contribution in [-0.4, -0.2) is 57.9 Å². The fraction of sp³-hybridized carbons (Fsp3) is 0.375. The Morgan fingerprint density at radius 3 is 2.82 bits per heavy atom. The summed E-state index contributed by atoms with van der Waals surface area (Å²) in [4.78, 5) is 23.8. The fourth-order valence-corrected chi connectivity index (χ4v) is 4.39. The van der Waals surface area contributed by atoms with Crippen molar-refractivity contribution in [1.82, 2.24) is 24.0 Å². The Balaban J connectivity index is 1.62. The van der Waals surface area contributed by atoms with Crippen molar-refractivity contribution in [2.24, 2.45) is 7.05 Å². The minimum atomic E-state index is -0.454. The molecule has 0 bridgehead atoms. The number of imidazole rings is 1. The Hall–Kier alpha value is -3.46. The van der Waals surface area contributed by atoms with Gasteiger partial charge in [-0.3, -0.25) is 14.1 Å². The third-order valence-electron chi connectivity index (χ3n) is 6.05. The molecule has 1 aliphatic rings. The summed E-state index contributed by atoms with van der Waals surface area (Å²) in [5.41, 5.74) is 2.57. The maximum Gasteiger partial charge on any atom is 0.329 e. The molecule has 9 heteroatoms. The molecule has 0 amide bonds. The second kappa shape index (κ2) is 8.15. The second-order valence-electron chi connectivity index (χ2n) is 8.71. The number of aryl methyl sites for hydroxylation is 1. The van der Waals surface area contributed by atoms with Gasteiger partial charge in [-0.05, 0) is 33.5 Å². The Kier molecular flexibility index (Phi) is 5.28. The van der Waals surface area contributed by atoms with Gasteiger partial charge >= 0.3 is 5.69 Å². The first kappa shape index (κ1) is 21.4. The van der Waals surface area contributed by atoms with Crippen LogP contribution < -0.4 is 15.2 Å². The van der Waals surface area contributed by atoms with E-state index in [0.717, 1.165) is 13.0 Å². The van der Waals surface area contributed by atoms with E-state index in [1.165, 1.54) is 6.07 Å². The first-order valence-corrected chi connectivity index (χ1v) is 11.0. The van der Waals surface area contributed by atoms with Gasteiger partial charge in [0.05, 0.1) is 46.3 Å². The van der Waals surface area contributed by atoms with E-state index in [0.29, 0.717) is 51.3 Å². The van der Waals surface area contributed by atoms with Crippen molar-refractivity contribution in [3.05, 3.63) is 46.9 Å². The number of hydrogen-bond donors (Lipinski definition) is 0. The maximum atomic E-state index is 15.4. The lowest BCUT2D eigenvalue weighted by molar-refractivity contribution is 0.267. The summed E-state index contributed by atoms with van der Waals surface area (Å²) in [6, 6.07) is 4.68. The van der Waals surface area contributed by atoms with Gasteiger partial charge < -0.3 is 14.4 Å². The molecule has 8 nitrogen and oxygen atoms in total. The van der Waals surface area contributed by atoms with Crippen LogP contribution in [0.1, 0.15) is 19.4 Å².